The Morgan fingerprint density at radius 3 is 2.56 bits per heavy atom. The molecule has 0 amide bonds. The first kappa shape index (κ1) is 5.69. The van der Waals surface area contributed by atoms with Gasteiger partial charge in [0.1, 0.15) is 0 Å². The molecule has 2 fully saturated rings. The van der Waals surface area contributed by atoms with Crippen LogP contribution in [0.2, 0.25) is 0 Å². The molecule has 1 aliphatic carbocycles. The molecule has 1 heterocycles. The van der Waals surface area contributed by atoms with Crippen LogP contribution in [0.3, 0.4) is 0 Å². The van der Waals surface area contributed by atoms with E-state index in [2.05, 4.69) is 5.32 Å². The molecule has 52 valence electrons. The van der Waals surface area contributed by atoms with Crippen molar-refractivity contribution in [1.29, 1.82) is 0 Å². The van der Waals surface area contributed by atoms with Gasteiger partial charge in [-0.05, 0) is 37.6 Å². The van der Waals surface area contributed by atoms with E-state index in [1.807, 2.05) is 0 Å². The summed E-state index contributed by atoms with van der Waals surface area (Å²) in [6, 6.07) is 0. The van der Waals surface area contributed by atoms with Gasteiger partial charge in [-0.3, -0.25) is 0 Å². The van der Waals surface area contributed by atoms with E-state index >= 15 is 0 Å². The highest BCUT2D eigenvalue weighted by Gasteiger charge is 2.44. The van der Waals surface area contributed by atoms with Crippen molar-refractivity contribution in [2.45, 2.75) is 31.8 Å². The Bertz CT molecular complexity index is 118. The standard InChI is InChI=1S/C7H14N2/c8-6-5-7(1-2-7)3-4-9-6/h6,9H,1-5,8H2. The van der Waals surface area contributed by atoms with Crippen LogP contribution in [0.4, 0.5) is 0 Å². The predicted molar refractivity (Wildman–Crippen MR) is 36.9 cm³/mol. The molecule has 1 saturated carbocycles. The molecule has 1 atom stereocenters. The predicted octanol–water partition coefficient (Wildman–Crippen LogP) is 0.435. The maximum absolute atomic E-state index is 5.74. The zero-order chi connectivity index (χ0) is 6.32. The number of nitrogens with two attached hydrogens (primary N) is 1. The smallest absolute Gasteiger partial charge is 0.0551 e. The Morgan fingerprint density at radius 2 is 2.11 bits per heavy atom. The third-order valence-electron chi connectivity index (χ3n) is 2.67. The topological polar surface area (TPSA) is 38.0 Å². The van der Waals surface area contributed by atoms with Crippen LogP contribution in [-0.2, 0) is 0 Å². The summed E-state index contributed by atoms with van der Waals surface area (Å²) in [7, 11) is 0. The lowest BCUT2D eigenvalue weighted by Crippen LogP contribution is -2.44. The molecule has 0 radical (unpaired) electrons. The van der Waals surface area contributed by atoms with Gasteiger partial charge in [-0.15, -0.1) is 0 Å². The fourth-order valence-corrected chi connectivity index (χ4v) is 1.79. The van der Waals surface area contributed by atoms with E-state index in [0.29, 0.717) is 11.6 Å². The summed E-state index contributed by atoms with van der Waals surface area (Å²) in [6.07, 6.45) is 5.74. The molecule has 0 bridgehead atoms. The molecule has 2 heteroatoms. The second-order valence-electron chi connectivity index (χ2n) is 3.51. The van der Waals surface area contributed by atoms with Gasteiger partial charge in [0.25, 0.3) is 0 Å². The van der Waals surface area contributed by atoms with Crippen molar-refractivity contribution in [2.24, 2.45) is 11.1 Å². The summed E-state index contributed by atoms with van der Waals surface area (Å²) in [4.78, 5) is 0. The van der Waals surface area contributed by atoms with Crippen LogP contribution in [0, 0.1) is 5.41 Å². The minimum Gasteiger partial charge on any atom is -0.316 e. The lowest BCUT2D eigenvalue weighted by molar-refractivity contribution is 0.287. The van der Waals surface area contributed by atoms with Crippen LogP contribution in [0.15, 0.2) is 0 Å². The Morgan fingerprint density at radius 1 is 1.33 bits per heavy atom. The van der Waals surface area contributed by atoms with E-state index in [1.165, 1.54) is 25.7 Å². The van der Waals surface area contributed by atoms with Gasteiger partial charge in [0.15, 0.2) is 0 Å². The van der Waals surface area contributed by atoms with E-state index in [9.17, 15) is 0 Å². The Labute approximate surface area is 55.8 Å². The largest absolute Gasteiger partial charge is 0.316 e. The highest BCUT2D eigenvalue weighted by atomic mass is 15.0. The van der Waals surface area contributed by atoms with Gasteiger partial charge in [-0.2, -0.15) is 0 Å². The maximum atomic E-state index is 5.74. The average Bonchev–Trinajstić information content (AvgIpc) is 2.49. The van der Waals surface area contributed by atoms with Crippen molar-refractivity contribution >= 4 is 0 Å². The molecule has 2 nitrogen and oxygen atoms in total. The van der Waals surface area contributed by atoms with Crippen LogP contribution in [0.1, 0.15) is 25.7 Å². The molecule has 1 unspecified atom stereocenters. The fraction of sp³-hybridized carbons (Fsp3) is 1.00. The number of piperidine rings is 1. The molecule has 1 aliphatic heterocycles. The van der Waals surface area contributed by atoms with E-state index in [4.69, 9.17) is 5.73 Å². The van der Waals surface area contributed by atoms with Crippen LogP contribution in [-0.4, -0.2) is 12.7 Å². The van der Waals surface area contributed by atoms with Crippen LogP contribution >= 0.6 is 0 Å². The number of nitrogens with one attached hydrogen (secondary N) is 1. The summed E-state index contributed by atoms with van der Waals surface area (Å²) in [5.74, 6) is 0. The van der Waals surface area contributed by atoms with Crippen molar-refractivity contribution in [3.63, 3.8) is 0 Å². The van der Waals surface area contributed by atoms with Crippen LogP contribution in [0.25, 0.3) is 0 Å². The average molecular weight is 126 g/mol. The van der Waals surface area contributed by atoms with E-state index in [-0.39, 0.29) is 0 Å². The zero-order valence-corrected chi connectivity index (χ0v) is 5.69. The molecular weight excluding hydrogens is 112 g/mol. The van der Waals surface area contributed by atoms with Crippen molar-refractivity contribution < 1.29 is 0 Å². The van der Waals surface area contributed by atoms with Gasteiger partial charge in [0.2, 0.25) is 0 Å². The molecule has 2 aliphatic rings. The molecule has 9 heavy (non-hydrogen) atoms. The molecule has 0 aromatic rings. The first-order chi connectivity index (χ1) is 4.31. The minimum atomic E-state index is 0.293. The molecule has 0 aromatic carbocycles. The molecular formula is C7H14N2. The lowest BCUT2D eigenvalue weighted by atomic mass is 9.93. The molecule has 3 N–H and O–H groups in total. The molecule has 2 rings (SSSR count). The maximum Gasteiger partial charge on any atom is 0.0551 e. The van der Waals surface area contributed by atoms with Gasteiger partial charge in [0.05, 0.1) is 6.17 Å². The summed E-state index contributed by atoms with van der Waals surface area (Å²) < 4.78 is 0. The SMILES string of the molecule is NC1CC2(CCN1)CC2. The summed E-state index contributed by atoms with van der Waals surface area (Å²) in [5, 5.41) is 3.26. The Balaban J connectivity index is 1.96. The van der Waals surface area contributed by atoms with Crippen LogP contribution in [0.5, 0.6) is 0 Å². The monoisotopic (exact) mass is 126 g/mol. The number of hydrogen-bond donors (Lipinski definition) is 2. The normalized spacial score (nSPS) is 39.0. The lowest BCUT2D eigenvalue weighted by Gasteiger charge is -2.27. The van der Waals surface area contributed by atoms with Gasteiger partial charge < -0.3 is 11.1 Å². The summed E-state index contributed by atoms with van der Waals surface area (Å²) in [6.45, 7) is 1.14. The third kappa shape index (κ3) is 0.970. The van der Waals surface area contributed by atoms with E-state index in [0.717, 1.165) is 6.54 Å². The van der Waals surface area contributed by atoms with Crippen molar-refractivity contribution in [3.05, 3.63) is 0 Å². The van der Waals surface area contributed by atoms with Crippen molar-refractivity contribution in [3.8, 4) is 0 Å². The van der Waals surface area contributed by atoms with Gasteiger partial charge in [-0.25, -0.2) is 0 Å². The Kier molecular flexibility index (Phi) is 1.08. The second kappa shape index (κ2) is 1.70. The quantitative estimate of drug-likeness (QED) is 0.494. The zero-order valence-electron chi connectivity index (χ0n) is 5.69. The molecule has 1 spiro atoms. The number of rotatable bonds is 0. The third-order valence-corrected chi connectivity index (χ3v) is 2.67. The highest BCUT2D eigenvalue weighted by Crippen LogP contribution is 2.53. The second-order valence-corrected chi connectivity index (χ2v) is 3.51. The minimum absolute atomic E-state index is 0.293. The first-order valence-corrected chi connectivity index (χ1v) is 3.80. The fourth-order valence-electron chi connectivity index (χ4n) is 1.79. The highest BCUT2D eigenvalue weighted by molar-refractivity contribution is 4.97. The van der Waals surface area contributed by atoms with Gasteiger partial charge >= 0.3 is 0 Å². The molecule has 1 saturated heterocycles. The van der Waals surface area contributed by atoms with Gasteiger partial charge in [-0.1, -0.05) is 0 Å². The van der Waals surface area contributed by atoms with Gasteiger partial charge in [0, 0.05) is 0 Å². The van der Waals surface area contributed by atoms with E-state index in [1.54, 1.807) is 0 Å². The molecule has 0 aromatic heterocycles. The summed E-state index contributed by atoms with van der Waals surface area (Å²) in [5.41, 5.74) is 6.45. The van der Waals surface area contributed by atoms with Crippen LogP contribution < -0.4 is 11.1 Å². The van der Waals surface area contributed by atoms with Crippen molar-refractivity contribution in [2.75, 3.05) is 6.54 Å². The summed E-state index contributed by atoms with van der Waals surface area (Å²) >= 11 is 0. The number of hydrogen-bond acceptors (Lipinski definition) is 2. The first-order valence-electron chi connectivity index (χ1n) is 3.80. The Hall–Kier alpha value is -0.0800. The van der Waals surface area contributed by atoms with E-state index < -0.39 is 0 Å². The van der Waals surface area contributed by atoms with Crippen molar-refractivity contribution in [1.82, 2.24) is 5.32 Å².